The van der Waals surface area contributed by atoms with Crippen molar-refractivity contribution >= 4 is 17.3 Å². The SMILES string of the molecule is O=C(c1cc(N2CCC(Cc3ccc(F)c(F)c3)CC2)ccc1[N+](=O)[O-])N1CCCC1. The lowest BCUT2D eigenvalue weighted by atomic mass is 9.90. The number of amides is 1. The summed E-state index contributed by atoms with van der Waals surface area (Å²) in [6.07, 6.45) is 4.26. The van der Waals surface area contributed by atoms with Crippen LogP contribution in [0.3, 0.4) is 0 Å². The lowest BCUT2D eigenvalue weighted by molar-refractivity contribution is -0.385. The predicted molar refractivity (Wildman–Crippen MR) is 113 cm³/mol. The zero-order valence-electron chi connectivity index (χ0n) is 17.2. The van der Waals surface area contributed by atoms with E-state index < -0.39 is 16.6 Å². The van der Waals surface area contributed by atoms with Gasteiger partial charge in [-0.3, -0.25) is 14.9 Å². The van der Waals surface area contributed by atoms with Gasteiger partial charge in [-0.15, -0.1) is 0 Å². The third-order valence-corrected chi connectivity index (χ3v) is 6.29. The minimum atomic E-state index is -0.837. The number of anilines is 1. The van der Waals surface area contributed by atoms with Crippen LogP contribution in [0.15, 0.2) is 36.4 Å². The smallest absolute Gasteiger partial charge is 0.282 e. The maximum atomic E-state index is 13.5. The monoisotopic (exact) mass is 429 g/mol. The highest BCUT2D eigenvalue weighted by Crippen LogP contribution is 2.31. The van der Waals surface area contributed by atoms with E-state index in [-0.39, 0.29) is 17.2 Å². The number of carbonyl (C=O) groups is 1. The highest BCUT2D eigenvalue weighted by molar-refractivity contribution is 5.99. The van der Waals surface area contributed by atoms with Gasteiger partial charge in [0, 0.05) is 37.9 Å². The van der Waals surface area contributed by atoms with E-state index in [1.165, 1.54) is 12.1 Å². The van der Waals surface area contributed by atoms with Crippen LogP contribution >= 0.6 is 0 Å². The second-order valence-electron chi connectivity index (χ2n) is 8.34. The molecule has 0 aromatic heterocycles. The van der Waals surface area contributed by atoms with Gasteiger partial charge in [0.05, 0.1) is 4.92 Å². The molecule has 0 N–H and O–H groups in total. The normalized spacial score (nSPS) is 17.2. The molecule has 2 aliphatic rings. The molecule has 31 heavy (non-hydrogen) atoms. The molecule has 164 valence electrons. The molecular formula is C23H25F2N3O3. The average Bonchev–Trinajstić information content (AvgIpc) is 3.31. The Hall–Kier alpha value is -3.03. The second-order valence-corrected chi connectivity index (χ2v) is 8.34. The number of likely N-dealkylation sites (tertiary alicyclic amines) is 1. The Morgan fingerprint density at radius 2 is 1.71 bits per heavy atom. The maximum Gasteiger partial charge on any atom is 0.282 e. The second kappa shape index (κ2) is 8.99. The minimum Gasteiger partial charge on any atom is -0.371 e. The molecule has 0 saturated carbocycles. The van der Waals surface area contributed by atoms with Crippen LogP contribution in [0.25, 0.3) is 0 Å². The quantitative estimate of drug-likeness (QED) is 0.516. The van der Waals surface area contributed by atoms with Gasteiger partial charge in [0.2, 0.25) is 0 Å². The summed E-state index contributed by atoms with van der Waals surface area (Å²) < 4.78 is 26.6. The molecule has 6 nitrogen and oxygen atoms in total. The Labute approximate surface area is 179 Å². The number of nitrogens with zero attached hydrogens (tertiary/aromatic N) is 3. The molecule has 8 heteroatoms. The number of benzene rings is 2. The molecule has 0 bridgehead atoms. The van der Waals surface area contributed by atoms with Crippen LogP contribution in [0.1, 0.15) is 41.6 Å². The van der Waals surface area contributed by atoms with Gasteiger partial charge in [0.15, 0.2) is 11.6 Å². The van der Waals surface area contributed by atoms with Crippen molar-refractivity contribution in [3.05, 3.63) is 69.3 Å². The van der Waals surface area contributed by atoms with Crippen LogP contribution in [0.4, 0.5) is 20.2 Å². The number of piperidine rings is 1. The standard InChI is InChI=1S/C23H25F2N3O3/c24-20-5-3-17(14-21(20)25)13-16-7-11-26(12-8-16)18-4-6-22(28(30)31)19(15-18)23(29)27-9-1-2-10-27/h3-6,14-16H,1-2,7-13H2. The number of hydrogen-bond donors (Lipinski definition) is 0. The lowest BCUT2D eigenvalue weighted by Gasteiger charge is -2.34. The van der Waals surface area contributed by atoms with Crippen molar-refractivity contribution in [2.45, 2.75) is 32.1 Å². The predicted octanol–water partition coefficient (Wildman–Crippen LogP) is 4.57. The molecule has 2 fully saturated rings. The Balaban J connectivity index is 1.45. The molecule has 0 spiro atoms. The summed E-state index contributed by atoms with van der Waals surface area (Å²) in [5, 5.41) is 11.5. The summed E-state index contributed by atoms with van der Waals surface area (Å²) in [6, 6.07) is 8.82. The molecule has 0 atom stereocenters. The number of nitro benzene ring substituents is 1. The Morgan fingerprint density at radius 3 is 2.35 bits per heavy atom. The van der Waals surface area contributed by atoms with Gasteiger partial charge in [-0.25, -0.2) is 8.78 Å². The van der Waals surface area contributed by atoms with Gasteiger partial charge in [0.25, 0.3) is 11.6 Å². The fraction of sp³-hybridized carbons (Fsp3) is 0.435. The molecule has 0 aliphatic carbocycles. The molecule has 1 amide bonds. The van der Waals surface area contributed by atoms with E-state index >= 15 is 0 Å². The number of hydrogen-bond acceptors (Lipinski definition) is 4. The van der Waals surface area contributed by atoms with Gasteiger partial charge >= 0.3 is 0 Å². The molecule has 2 saturated heterocycles. The van der Waals surface area contributed by atoms with Crippen LogP contribution in [0, 0.1) is 27.7 Å². The van der Waals surface area contributed by atoms with Crippen molar-refractivity contribution in [3.8, 4) is 0 Å². The first-order valence-electron chi connectivity index (χ1n) is 10.7. The average molecular weight is 429 g/mol. The van der Waals surface area contributed by atoms with Crippen LogP contribution < -0.4 is 4.90 Å². The van der Waals surface area contributed by atoms with Gasteiger partial charge in [-0.1, -0.05) is 6.07 Å². The van der Waals surface area contributed by atoms with E-state index in [4.69, 9.17) is 0 Å². The molecule has 2 aromatic rings. The van der Waals surface area contributed by atoms with Gasteiger partial charge < -0.3 is 9.80 Å². The third-order valence-electron chi connectivity index (χ3n) is 6.29. The van der Waals surface area contributed by atoms with Crippen LogP contribution in [-0.4, -0.2) is 41.9 Å². The molecule has 4 rings (SSSR count). The van der Waals surface area contributed by atoms with Gasteiger partial charge in [0.1, 0.15) is 5.56 Å². The van der Waals surface area contributed by atoms with Crippen molar-refractivity contribution < 1.29 is 18.5 Å². The van der Waals surface area contributed by atoms with Crippen molar-refractivity contribution in [1.29, 1.82) is 0 Å². The van der Waals surface area contributed by atoms with E-state index in [9.17, 15) is 23.7 Å². The molecule has 2 heterocycles. The summed E-state index contributed by atoms with van der Waals surface area (Å²) >= 11 is 0. The Morgan fingerprint density at radius 1 is 1.00 bits per heavy atom. The molecule has 0 radical (unpaired) electrons. The van der Waals surface area contributed by atoms with Crippen molar-refractivity contribution in [1.82, 2.24) is 4.90 Å². The zero-order valence-corrected chi connectivity index (χ0v) is 17.2. The maximum absolute atomic E-state index is 13.5. The van der Waals surface area contributed by atoms with Crippen molar-refractivity contribution in [3.63, 3.8) is 0 Å². The third kappa shape index (κ3) is 4.68. The van der Waals surface area contributed by atoms with Gasteiger partial charge in [-0.2, -0.15) is 0 Å². The highest BCUT2D eigenvalue weighted by Gasteiger charge is 2.28. The number of halogens is 2. The summed E-state index contributed by atoms with van der Waals surface area (Å²) in [6.45, 7) is 2.75. The fourth-order valence-corrected chi connectivity index (χ4v) is 4.54. The topological polar surface area (TPSA) is 66.7 Å². The minimum absolute atomic E-state index is 0.147. The highest BCUT2D eigenvalue weighted by atomic mass is 19.2. The summed E-state index contributed by atoms with van der Waals surface area (Å²) in [4.78, 5) is 27.6. The largest absolute Gasteiger partial charge is 0.371 e. The number of carbonyl (C=O) groups excluding carboxylic acids is 1. The van der Waals surface area contributed by atoms with E-state index in [0.29, 0.717) is 25.4 Å². The molecular weight excluding hydrogens is 404 g/mol. The van der Waals surface area contributed by atoms with Crippen molar-refractivity contribution in [2.24, 2.45) is 5.92 Å². The van der Waals surface area contributed by atoms with Crippen molar-refractivity contribution in [2.75, 3.05) is 31.1 Å². The van der Waals surface area contributed by atoms with E-state index in [0.717, 1.165) is 56.1 Å². The first-order chi connectivity index (χ1) is 14.9. The number of rotatable bonds is 5. The van der Waals surface area contributed by atoms with E-state index in [1.807, 2.05) is 0 Å². The van der Waals surface area contributed by atoms with Gasteiger partial charge in [-0.05, 0) is 67.9 Å². The van der Waals surface area contributed by atoms with Crippen LogP contribution in [0.2, 0.25) is 0 Å². The Bertz CT molecular complexity index is 984. The summed E-state index contributed by atoms with van der Waals surface area (Å²) in [5.41, 5.74) is 1.58. The molecule has 0 unspecified atom stereocenters. The van der Waals surface area contributed by atoms with E-state index in [2.05, 4.69) is 4.90 Å². The molecule has 2 aliphatic heterocycles. The first-order valence-corrected chi connectivity index (χ1v) is 10.7. The summed E-state index contributed by atoms with van der Waals surface area (Å²) in [5.74, 6) is -1.59. The lowest BCUT2D eigenvalue weighted by Crippen LogP contribution is -2.34. The summed E-state index contributed by atoms with van der Waals surface area (Å²) in [7, 11) is 0. The van der Waals surface area contributed by atoms with E-state index in [1.54, 1.807) is 23.1 Å². The molecule has 2 aromatic carbocycles. The zero-order chi connectivity index (χ0) is 22.0. The van der Waals surface area contributed by atoms with Crippen LogP contribution in [0.5, 0.6) is 0 Å². The van der Waals surface area contributed by atoms with Crippen LogP contribution in [-0.2, 0) is 6.42 Å². The first kappa shape index (κ1) is 21.2. The Kier molecular flexibility index (Phi) is 6.15. The number of nitro groups is 1. The fourth-order valence-electron chi connectivity index (χ4n) is 4.54.